The van der Waals surface area contributed by atoms with E-state index in [1.807, 2.05) is 12.1 Å². The van der Waals surface area contributed by atoms with Crippen LogP contribution in [0, 0.1) is 35.0 Å². The van der Waals surface area contributed by atoms with Crippen LogP contribution in [-0.4, -0.2) is 37.1 Å². The molecule has 0 heterocycles. The molecule has 0 bridgehead atoms. The van der Waals surface area contributed by atoms with Gasteiger partial charge in [0.1, 0.15) is 5.75 Å². The first-order valence-electron chi connectivity index (χ1n) is 12.0. The summed E-state index contributed by atoms with van der Waals surface area (Å²) in [4.78, 5) is 0. The summed E-state index contributed by atoms with van der Waals surface area (Å²) in [5, 5.41) is 21.2. The summed E-state index contributed by atoms with van der Waals surface area (Å²) in [5.74, 6) is 3.75. The molecule has 2 unspecified atom stereocenters. The minimum atomic E-state index is -3.54. The van der Waals surface area contributed by atoms with Gasteiger partial charge < -0.3 is 14.4 Å². The van der Waals surface area contributed by atoms with E-state index in [9.17, 15) is 18.6 Å². The maximum atomic E-state index is 11.5. The molecule has 1 aromatic rings. The Hall–Kier alpha value is -1.11. The van der Waals surface area contributed by atoms with E-state index in [0.717, 1.165) is 44.8 Å². The van der Waals surface area contributed by atoms with Gasteiger partial charge in [0.25, 0.3) is 0 Å². The maximum Gasteiger partial charge on any atom is 0.306 e. The molecule has 0 aliphatic heterocycles. The zero-order chi connectivity index (χ0) is 22.0. The first-order valence-corrected chi connectivity index (χ1v) is 13.8. The predicted octanol–water partition coefficient (Wildman–Crippen LogP) is 4.09. The zero-order valence-electron chi connectivity index (χ0n) is 18.6. The van der Waals surface area contributed by atoms with Crippen LogP contribution in [0.3, 0.4) is 0 Å². The Bertz CT molecular complexity index is 912. The lowest BCUT2D eigenvalue weighted by Gasteiger charge is -2.58. The molecule has 4 aliphatic rings. The van der Waals surface area contributed by atoms with Gasteiger partial charge in [-0.15, -0.1) is 0 Å². The quantitative estimate of drug-likeness (QED) is 0.681. The van der Waals surface area contributed by atoms with Gasteiger partial charge in [-0.1, -0.05) is 19.1 Å². The fourth-order valence-corrected chi connectivity index (χ4v) is 8.67. The molecule has 4 fully saturated rings. The molecule has 6 heteroatoms. The fourth-order valence-electron chi connectivity index (χ4n) is 8.21. The van der Waals surface area contributed by atoms with Gasteiger partial charge in [0.15, 0.2) is 0 Å². The van der Waals surface area contributed by atoms with Gasteiger partial charge in [-0.05, 0) is 110 Å². The second-order valence-corrected chi connectivity index (χ2v) is 12.7. The molecule has 0 spiro atoms. The highest BCUT2D eigenvalue weighted by Gasteiger charge is 2.60. The summed E-state index contributed by atoms with van der Waals surface area (Å²) in [6, 6.07) is 7.62. The Labute approximate surface area is 186 Å². The summed E-state index contributed by atoms with van der Waals surface area (Å²) in [6.45, 7) is 2.30. The van der Waals surface area contributed by atoms with Crippen molar-refractivity contribution in [1.82, 2.24) is 0 Å². The second kappa shape index (κ2) is 7.74. The maximum absolute atomic E-state index is 11.5. The van der Waals surface area contributed by atoms with Crippen LogP contribution >= 0.6 is 0 Å². The van der Waals surface area contributed by atoms with Crippen LogP contribution in [0.4, 0.5) is 0 Å². The lowest BCUT2D eigenvalue weighted by atomic mass is 9.46. The smallest absolute Gasteiger partial charge is 0.306 e. The number of fused-ring (bicyclic) bond motifs is 5. The lowest BCUT2D eigenvalue weighted by Crippen LogP contribution is -2.52. The zero-order valence-corrected chi connectivity index (χ0v) is 19.4. The topological polar surface area (TPSA) is 83.8 Å². The monoisotopic (exact) mass is 448 g/mol. The number of aliphatic hydroxyl groups excluding tert-OH is 2. The summed E-state index contributed by atoms with van der Waals surface area (Å²) in [5.41, 5.74) is 1.19. The number of hydrogen-bond donors (Lipinski definition) is 2. The van der Waals surface area contributed by atoms with Crippen molar-refractivity contribution in [1.29, 1.82) is 0 Å². The molecule has 1 aromatic carbocycles. The molecule has 0 saturated heterocycles. The number of benzene rings is 1. The van der Waals surface area contributed by atoms with Gasteiger partial charge in [-0.2, -0.15) is 8.42 Å². The largest absolute Gasteiger partial charge is 0.393 e. The molecule has 5 rings (SSSR count). The number of hydrogen-bond acceptors (Lipinski definition) is 5. The Morgan fingerprint density at radius 2 is 1.68 bits per heavy atom. The fraction of sp³-hybridized carbons (Fsp3) is 0.760. The molecule has 5 nitrogen and oxygen atoms in total. The van der Waals surface area contributed by atoms with Gasteiger partial charge in [0.2, 0.25) is 0 Å². The SMILES string of the molecule is C[C@]12C[C@H](c3ccc(OS(C)(=O)=O)cc3)[C@H]3[C@@H](CCC4CC(O)CC[C@@H]43)[C@@H]1CC[C@@H]2O. The third kappa shape index (κ3) is 3.83. The highest BCUT2D eigenvalue weighted by molar-refractivity contribution is 7.86. The normalized spacial score (nSPS) is 44.8. The number of aliphatic hydroxyl groups is 2. The van der Waals surface area contributed by atoms with Crippen LogP contribution in [0.1, 0.15) is 69.8 Å². The van der Waals surface area contributed by atoms with E-state index < -0.39 is 10.1 Å². The van der Waals surface area contributed by atoms with E-state index >= 15 is 0 Å². The molecular formula is C25H36O5S. The van der Waals surface area contributed by atoms with Crippen molar-refractivity contribution in [2.24, 2.45) is 35.0 Å². The van der Waals surface area contributed by atoms with Crippen molar-refractivity contribution in [2.45, 2.75) is 76.4 Å². The summed E-state index contributed by atoms with van der Waals surface area (Å²) >= 11 is 0. The van der Waals surface area contributed by atoms with Gasteiger partial charge in [-0.25, -0.2) is 0 Å². The van der Waals surface area contributed by atoms with Crippen LogP contribution in [0.2, 0.25) is 0 Å². The van der Waals surface area contributed by atoms with E-state index in [2.05, 4.69) is 6.92 Å². The molecule has 0 amide bonds. The van der Waals surface area contributed by atoms with E-state index in [4.69, 9.17) is 4.18 Å². The van der Waals surface area contributed by atoms with Gasteiger partial charge in [-0.3, -0.25) is 0 Å². The van der Waals surface area contributed by atoms with Crippen molar-refractivity contribution < 1.29 is 22.8 Å². The van der Waals surface area contributed by atoms with Crippen molar-refractivity contribution in [2.75, 3.05) is 6.26 Å². The van der Waals surface area contributed by atoms with Crippen LogP contribution < -0.4 is 4.18 Å². The Morgan fingerprint density at radius 1 is 0.968 bits per heavy atom. The second-order valence-electron chi connectivity index (χ2n) is 11.1. The van der Waals surface area contributed by atoms with Crippen LogP contribution in [0.25, 0.3) is 0 Å². The average Bonchev–Trinajstić information content (AvgIpc) is 3.01. The standard InChI is InChI=1S/C25H36O5S/c1-25-14-21(15-3-7-18(8-4-15)30-31(2,28)29)24-19-10-6-17(26)13-16(19)5-9-20(24)22(25)11-12-23(25)27/h3-4,7-8,16-17,19-24,26-27H,5-6,9-14H2,1-2H3/t16?,17?,19-,20-,21+,22-,23-,24+,25-/m0/s1. The van der Waals surface area contributed by atoms with Crippen LogP contribution in [0.5, 0.6) is 5.75 Å². The lowest BCUT2D eigenvalue weighted by molar-refractivity contribution is -0.103. The van der Waals surface area contributed by atoms with Crippen LogP contribution in [-0.2, 0) is 10.1 Å². The highest BCUT2D eigenvalue weighted by Crippen LogP contribution is 2.66. The highest BCUT2D eigenvalue weighted by atomic mass is 32.2. The minimum Gasteiger partial charge on any atom is -0.393 e. The average molecular weight is 449 g/mol. The molecule has 4 saturated carbocycles. The number of rotatable bonds is 3. The summed E-state index contributed by atoms with van der Waals surface area (Å²) in [6.07, 6.45) is 9.06. The first-order chi connectivity index (χ1) is 14.7. The van der Waals surface area contributed by atoms with Crippen molar-refractivity contribution >= 4 is 10.1 Å². The molecule has 2 N–H and O–H groups in total. The van der Waals surface area contributed by atoms with Gasteiger partial charge >= 0.3 is 10.1 Å². The molecule has 4 aliphatic carbocycles. The Balaban J connectivity index is 1.50. The van der Waals surface area contributed by atoms with Gasteiger partial charge in [0.05, 0.1) is 18.5 Å². The van der Waals surface area contributed by atoms with Crippen molar-refractivity contribution in [3.05, 3.63) is 29.8 Å². The van der Waals surface area contributed by atoms with Gasteiger partial charge in [0, 0.05) is 0 Å². The van der Waals surface area contributed by atoms with E-state index in [0.29, 0.717) is 41.3 Å². The van der Waals surface area contributed by atoms with E-state index in [1.54, 1.807) is 12.1 Å². The Morgan fingerprint density at radius 3 is 2.39 bits per heavy atom. The van der Waals surface area contributed by atoms with E-state index in [1.165, 1.54) is 18.4 Å². The Kier molecular flexibility index (Phi) is 5.42. The van der Waals surface area contributed by atoms with E-state index in [-0.39, 0.29) is 17.6 Å². The molecule has 0 radical (unpaired) electrons. The third-order valence-electron chi connectivity index (χ3n) is 9.43. The van der Waals surface area contributed by atoms with Crippen molar-refractivity contribution in [3.8, 4) is 5.75 Å². The summed E-state index contributed by atoms with van der Waals surface area (Å²) < 4.78 is 28.0. The molecule has 9 atom stereocenters. The first kappa shape index (κ1) is 21.7. The van der Waals surface area contributed by atoms with Crippen LogP contribution in [0.15, 0.2) is 24.3 Å². The minimum absolute atomic E-state index is 0.0468. The molecule has 172 valence electrons. The van der Waals surface area contributed by atoms with Crippen molar-refractivity contribution in [3.63, 3.8) is 0 Å². The molecule has 0 aromatic heterocycles. The molecule has 31 heavy (non-hydrogen) atoms. The third-order valence-corrected chi connectivity index (χ3v) is 9.92. The summed E-state index contributed by atoms with van der Waals surface area (Å²) in [7, 11) is -3.54. The predicted molar refractivity (Wildman–Crippen MR) is 119 cm³/mol. The molecular weight excluding hydrogens is 412 g/mol.